The summed E-state index contributed by atoms with van der Waals surface area (Å²) in [7, 11) is 5.49. The van der Waals surface area contributed by atoms with Gasteiger partial charge in [-0.3, -0.25) is 14.4 Å². The molecule has 0 bridgehead atoms. The number of nitrogens with two attached hydrogens (primary N) is 1. The number of piperidine rings is 1. The standard InChI is InChI=1S/C24H41BN6O5/c1-23(2,3)30-22(36)29-15(10-27-25)21(35)31-11-13-16(24(13,4)5)17(31)20(34)28-14(18(32)19(26)33)9-12-7-6-8-12/h12-18,27,32H,6-11H2,1-5H3,(H2,26,33)(H,28,34)(H2,29,30,36)/t13?,14?,15-,16?,17?,18?/m0/s1. The monoisotopic (exact) mass is 504 g/mol. The molecule has 5 unspecified atom stereocenters. The van der Waals surface area contributed by atoms with Crippen LogP contribution < -0.4 is 26.9 Å². The van der Waals surface area contributed by atoms with Gasteiger partial charge in [-0.1, -0.05) is 33.1 Å². The maximum atomic E-state index is 13.6. The summed E-state index contributed by atoms with van der Waals surface area (Å²) in [4.78, 5) is 52.9. The third-order valence-corrected chi connectivity index (χ3v) is 7.99. The minimum Gasteiger partial charge on any atom is -0.381 e. The summed E-state index contributed by atoms with van der Waals surface area (Å²) in [6.45, 7) is 9.92. The molecule has 5 amide bonds. The van der Waals surface area contributed by atoms with Gasteiger partial charge in [0, 0.05) is 18.6 Å². The number of carbonyl (C=O) groups excluding carboxylic acids is 4. The van der Waals surface area contributed by atoms with E-state index in [-0.39, 0.29) is 23.8 Å². The molecule has 0 aromatic carbocycles. The number of likely N-dealkylation sites (tertiary alicyclic amines) is 1. The normalized spacial score (nSPS) is 27.2. The van der Waals surface area contributed by atoms with Crippen molar-refractivity contribution >= 4 is 31.7 Å². The van der Waals surface area contributed by atoms with Gasteiger partial charge in [0.1, 0.15) is 12.1 Å². The number of aliphatic hydroxyl groups is 1. The van der Waals surface area contributed by atoms with Crippen molar-refractivity contribution in [2.24, 2.45) is 28.9 Å². The van der Waals surface area contributed by atoms with Crippen molar-refractivity contribution in [1.29, 1.82) is 0 Å². The molecule has 0 aromatic heterocycles. The van der Waals surface area contributed by atoms with Crippen LogP contribution in [0, 0.1) is 23.2 Å². The summed E-state index contributed by atoms with van der Waals surface area (Å²) in [5, 5.41) is 21.1. The fourth-order valence-electron chi connectivity index (χ4n) is 5.69. The number of nitrogens with zero attached hydrogens (tertiary/aromatic N) is 1. The number of aliphatic hydroxyl groups excluding tert-OH is 1. The van der Waals surface area contributed by atoms with Gasteiger partial charge in [0.05, 0.1) is 6.04 Å². The molecule has 1 aliphatic heterocycles. The van der Waals surface area contributed by atoms with Crippen LogP contribution in [-0.2, 0) is 14.4 Å². The molecule has 36 heavy (non-hydrogen) atoms. The quantitative estimate of drug-likeness (QED) is 0.212. The minimum absolute atomic E-state index is 0.0232. The van der Waals surface area contributed by atoms with Crippen LogP contribution in [0.1, 0.15) is 60.3 Å². The van der Waals surface area contributed by atoms with Crippen molar-refractivity contribution in [2.75, 3.05) is 13.1 Å². The van der Waals surface area contributed by atoms with E-state index in [1.807, 2.05) is 20.8 Å². The molecule has 3 rings (SSSR count). The van der Waals surface area contributed by atoms with Gasteiger partial charge in [-0.25, -0.2) is 4.79 Å². The summed E-state index contributed by atoms with van der Waals surface area (Å²) >= 11 is 0. The Morgan fingerprint density at radius 3 is 2.31 bits per heavy atom. The van der Waals surface area contributed by atoms with Crippen molar-refractivity contribution in [3.63, 3.8) is 0 Å². The molecule has 1 heterocycles. The van der Waals surface area contributed by atoms with Crippen LogP contribution in [0.15, 0.2) is 0 Å². The van der Waals surface area contributed by atoms with E-state index in [1.165, 1.54) is 4.90 Å². The number of hydrogen-bond acceptors (Lipinski definition) is 6. The van der Waals surface area contributed by atoms with Crippen LogP contribution in [0.3, 0.4) is 0 Å². The molecule has 200 valence electrons. The Morgan fingerprint density at radius 1 is 1.17 bits per heavy atom. The van der Waals surface area contributed by atoms with Gasteiger partial charge in [0.2, 0.25) is 17.7 Å². The predicted molar refractivity (Wildman–Crippen MR) is 134 cm³/mol. The fourth-order valence-corrected chi connectivity index (χ4v) is 5.69. The Hall–Kier alpha value is -2.34. The Morgan fingerprint density at radius 2 is 1.81 bits per heavy atom. The van der Waals surface area contributed by atoms with E-state index in [2.05, 4.69) is 35.0 Å². The molecule has 0 aromatic rings. The molecule has 7 N–H and O–H groups in total. The molecular weight excluding hydrogens is 463 g/mol. The highest BCUT2D eigenvalue weighted by Crippen LogP contribution is 2.64. The number of primary amides is 1. The molecule has 2 saturated carbocycles. The zero-order valence-electron chi connectivity index (χ0n) is 22.0. The van der Waals surface area contributed by atoms with E-state index in [0.29, 0.717) is 18.9 Å². The largest absolute Gasteiger partial charge is 0.381 e. The Balaban J connectivity index is 1.77. The Kier molecular flexibility index (Phi) is 8.29. The van der Waals surface area contributed by atoms with Crippen LogP contribution in [0.4, 0.5) is 4.79 Å². The lowest BCUT2D eigenvalue weighted by Gasteiger charge is -2.36. The molecule has 0 spiro atoms. The van der Waals surface area contributed by atoms with E-state index >= 15 is 0 Å². The van der Waals surface area contributed by atoms with E-state index in [4.69, 9.17) is 13.7 Å². The van der Waals surface area contributed by atoms with E-state index in [9.17, 15) is 24.3 Å². The third kappa shape index (κ3) is 6.14. The number of carbonyl (C=O) groups is 4. The molecule has 2 radical (unpaired) electrons. The second-order valence-electron chi connectivity index (χ2n) is 12.2. The average Bonchev–Trinajstić information content (AvgIpc) is 3.07. The minimum atomic E-state index is -1.51. The zero-order chi connectivity index (χ0) is 27.0. The zero-order valence-corrected chi connectivity index (χ0v) is 22.0. The fraction of sp³-hybridized carbons (Fsp3) is 0.833. The first-order chi connectivity index (χ1) is 16.7. The van der Waals surface area contributed by atoms with E-state index < -0.39 is 53.5 Å². The first-order valence-electron chi connectivity index (χ1n) is 12.8. The maximum absolute atomic E-state index is 13.6. The average molecular weight is 504 g/mol. The van der Waals surface area contributed by atoms with Crippen LogP contribution in [-0.4, -0.2) is 84.6 Å². The van der Waals surface area contributed by atoms with Crippen LogP contribution in [0.5, 0.6) is 0 Å². The third-order valence-electron chi connectivity index (χ3n) is 7.99. The summed E-state index contributed by atoms with van der Waals surface area (Å²) in [6.07, 6.45) is 1.95. The van der Waals surface area contributed by atoms with Gasteiger partial charge in [-0.15, -0.1) is 0 Å². The summed E-state index contributed by atoms with van der Waals surface area (Å²) < 4.78 is 0. The van der Waals surface area contributed by atoms with Crippen LogP contribution >= 0.6 is 0 Å². The molecule has 1 saturated heterocycles. The molecule has 6 atom stereocenters. The number of nitrogens with one attached hydrogen (secondary N) is 4. The van der Waals surface area contributed by atoms with Crippen LogP contribution in [0.25, 0.3) is 0 Å². The summed E-state index contributed by atoms with van der Waals surface area (Å²) in [5.41, 5.74) is 4.71. The predicted octanol–water partition coefficient (Wildman–Crippen LogP) is -0.870. The molecule has 2 aliphatic carbocycles. The lowest BCUT2D eigenvalue weighted by molar-refractivity contribution is -0.143. The summed E-state index contributed by atoms with van der Waals surface area (Å²) in [5.74, 6) is -1.39. The van der Waals surface area contributed by atoms with Gasteiger partial charge in [-0.05, 0) is 50.4 Å². The highest BCUT2D eigenvalue weighted by molar-refractivity contribution is 6.04. The highest BCUT2D eigenvalue weighted by Gasteiger charge is 2.69. The van der Waals surface area contributed by atoms with Crippen LogP contribution in [0.2, 0.25) is 0 Å². The molecule has 3 fully saturated rings. The number of fused-ring (bicyclic) bond motifs is 1. The van der Waals surface area contributed by atoms with Crippen molar-refractivity contribution < 1.29 is 24.3 Å². The maximum Gasteiger partial charge on any atom is 0.315 e. The number of amides is 5. The second-order valence-corrected chi connectivity index (χ2v) is 12.2. The Labute approximate surface area is 214 Å². The number of hydrogen-bond donors (Lipinski definition) is 6. The van der Waals surface area contributed by atoms with Gasteiger partial charge in [-0.2, -0.15) is 0 Å². The van der Waals surface area contributed by atoms with Gasteiger partial charge >= 0.3 is 6.03 Å². The molecule has 12 heteroatoms. The van der Waals surface area contributed by atoms with Crippen molar-refractivity contribution in [3.05, 3.63) is 0 Å². The smallest absolute Gasteiger partial charge is 0.315 e. The highest BCUT2D eigenvalue weighted by atomic mass is 16.3. The second kappa shape index (κ2) is 10.6. The molecular formula is C24H41BN6O5. The lowest BCUT2D eigenvalue weighted by atomic mass is 9.79. The topological polar surface area (TPSA) is 166 Å². The van der Waals surface area contributed by atoms with Gasteiger partial charge < -0.3 is 36.9 Å². The number of rotatable bonds is 10. The summed E-state index contributed by atoms with van der Waals surface area (Å²) in [6, 6.07) is -3.13. The lowest BCUT2D eigenvalue weighted by Crippen LogP contribution is -2.61. The van der Waals surface area contributed by atoms with E-state index in [1.54, 1.807) is 0 Å². The molecule has 11 nitrogen and oxygen atoms in total. The van der Waals surface area contributed by atoms with Crippen molar-refractivity contribution in [2.45, 2.75) is 90.1 Å². The first kappa shape index (κ1) is 28.2. The first-order valence-corrected chi connectivity index (χ1v) is 12.8. The van der Waals surface area contributed by atoms with Gasteiger partial charge in [0.15, 0.2) is 14.1 Å². The SMILES string of the molecule is [B]NC[C@H](NC(=O)NC(C)(C)C)C(=O)N1CC2C(C1C(=O)NC(CC1CCC1)C(O)C(N)=O)C2(C)C. The number of urea groups is 1. The van der Waals surface area contributed by atoms with Gasteiger partial charge in [0.25, 0.3) is 0 Å². The van der Waals surface area contributed by atoms with Crippen molar-refractivity contribution in [3.8, 4) is 0 Å². The Bertz CT molecular complexity index is 874. The molecule has 3 aliphatic rings. The van der Waals surface area contributed by atoms with Crippen molar-refractivity contribution in [1.82, 2.24) is 26.1 Å². The van der Waals surface area contributed by atoms with E-state index in [0.717, 1.165) is 19.3 Å².